The Morgan fingerprint density at radius 2 is 0.500 bits per heavy atom. The smallest absolute Gasteiger partial charge is 0.295 e. The van der Waals surface area contributed by atoms with Crippen LogP contribution in [0.4, 0.5) is 0 Å². The van der Waals surface area contributed by atoms with E-state index in [2.05, 4.69) is 224 Å². The molecule has 3 unspecified atom stereocenters. The van der Waals surface area contributed by atoms with Crippen molar-refractivity contribution in [3.05, 3.63) is 215 Å². The molecule has 0 radical (unpaired) electrons. The molecule has 0 saturated heterocycles. The highest BCUT2D eigenvalue weighted by Crippen LogP contribution is 2.65. The normalized spacial score (nSPS) is 14.2. The highest BCUT2D eigenvalue weighted by Gasteiger charge is 2.54. The predicted molar refractivity (Wildman–Crippen MR) is 271 cm³/mol. The second-order valence-electron chi connectivity index (χ2n) is 17.6. The van der Waals surface area contributed by atoms with Crippen molar-refractivity contribution in [3.63, 3.8) is 0 Å². The molecular formula is C60H75O3P. The molecule has 0 N–H and O–H groups in total. The SMILES string of the molecule is CCCCC(CC)C(OP(OC(c1ccccc1)(c1ccccc1)C(CC)CCCC)OC(c1ccccc1)(c1ccccc1)C(CC)CCCC)(c1ccccc1)c1ccccc1. The third kappa shape index (κ3) is 10.8. The molecule has 0 amide bonds. The first-order valence-corrected chi connectivity index (χ1v) is 25.8. The van der Waals surface area contributed by atoms with E-state index in [-0.39, 0.29) is 17.8 Å². The Bertz CT molecular complexity index is 1780. The van der Waals surface area contributed by atoms with Crippen LogP contribution in [-0.4, -0.2) is 0 Å². The van der Waals surface area contributed by atoms with Gasteiger partial charge in [0.1, 0.15) is 16.8 Å². The first-order valence-electron chi connectivity index (χ1n) is 24.7. The second kappa shape index (κ2) is 24.8. The fourth-order valence-corrected chi connectivity index (χ4v) is 12.3. The Balaban J connectivity index is 1.76. The molecule has 338 valence electrons. The van der Waals surface area contributed by atoms with Crippen LogP contribution in [0.2, 0.25) is 0 Å². The van der Waals surface area contributed by atoms with E-state index in [0.717, 1.165) is 110 Å². The van der Waals surface area contributed by atoms with Crippen molar-refractivity contribution in [2.75, 3.05) is 0 Å². The molecular weight excluding hydrogens is 800 g/mol. The number of unbranched alkanes of at least 4 members (excludes halogenated alkanes) is 3. The zero-order chi connectivity index (χ0) is 45.1. The van der Waals surface area contributed by atoms with E-state index < -0.39 is 25.4 Å². The van der Waals surface area contributed by atoms with Crippen molar-refractivity contribution >= 4 is 8.60 Å². The van der Waals surface area contributed by atoms with E-state index in [4.69, 9.17) is 13.6 Å². The van der Waals surface area contributed by atoms with Crippen LogP contribution in [0, 0.1) is 17.8 Å². The van der Waals surface area contributed by atoms with Crippen molar-refractivity contribution in [3.8, 4) is 0 Å². The summed E-state index contributed by atoms with van der Waals surface area (Å²) < 4.78 is 25.1. The predicted octanol–water partition coefficient (Wildman–Crippen LogP) is 17.7. The molecule has 0 bridgehead atoms. The Labute approximate surface area is 389 Å². The number of hydrogen-bond donors (Lipinski definition) is 0. The fraction of sp³-hybridized carbons (Fsp3) is 0.400. The first kappa shape index (κ1) is 49.1. The van der Waals surface area contributed by atoms with Crippen LogP contribution in [0.3, 0.4) is 0 Å². The summed E-state index contributed by atoms with van der Waals surface area (Å²) in [6.07, 6.45) is 12.3. The van der Waals surface area contributed by atoms with Gasteiger partial charge in [0, 0.05) is 0 Å². The van der Waals surface area contributed by atoms with Gasteiger partial charge in [-0.05, 0) is 89.7 Å². The molecule has 6 aromatic carbocycles. The van der Waals surface area contributed by atoms with Gasteiger partial charge in [-0.3, -0.25) is 13.6 Å². The Hall–Kier alpha value is -4.37. The van der Waals surface area contributed by atoms with Crippen molar-refractivity contribution in [2.45, 2.75) is 135 Å². The molecule has 0 aromatic heterocycles. The molecule has 6 aromatic rings. The number of rotatable bonds is 27. The lowest BCUT2D eigenvalue weighted by atomic mass is 9.73. The Kier molecular flexibility index (Phi) is 19.0. The van der Waals surface area contributed by atoms with E-state index >= 15 is 0 Å². The minimum absolute atomic E-state index is 0.115. The van der Waals surface area contributed by atoms with Gasteiger partial charge in [0.2, 0.25) is 0 Å². The van der Waals surface area contributed by atoms with Gasteiger partial charge in [-0.25, -0.2) is 0 Å². The molecule has 0 aliphatic rings. The van der Waals surface area contributed by atoms with E-state index in [9.17, 15) is 0 Å². The Morgan fingerprint density at radius 1 is 0.312 bits per heavy atom. The average Bonchev–Trinajstić information content (AvgIpc) is 3.37. The highest BCUT2D eigenvalue weighted by molar-refractivity contribution is 7.41. The summed E-state index contributed by atoms with van der Waals surface area (Å²) in [6, 6.07) is 65.9. The van der Waals surface area contributed by atoms with Crippen LogP contribution in [0.5, 0.6) is 0 Å². The third-order valence-electron chi connectivity index (χ3n) is 13.8. The quantitative estimate of drug-likeness (QED) is 0.0483. The third-order valence-corrected chi connectivity index (χ3v) is 15.1. The highest BCUT2D eigenvalue weighted by atomic mass is 31.2. The maximum absolute atomic E-state index is 8.38. The zero-order valence-corrected chi connectivity index (χ0v) is 40.6. The topological polar surface area (TPSA) is 27.7 Å². The van der Waals surface area contributed by atoms with Crippen molar-refractivity contribution in [2.24, 2.45) is 17.8 Å². The molecule has 0 fully saturated rings. The first-order chi connectivity index (χ1) is 31.5. The lowest BCUT2D eigenvalue weighted by Crippen LogP contribution is -2.44. The van der Waals surface area contributed by atoms with E-state index in [1.165, 1.54) is 0 Å². The summed E-state index contributed by atoms with van der Waals surface area (Å²) in [7, 11) is -2.23. The molecule has 0 aliphatic heterocycles. The largest absolute Gasteiger partial charge is 0.336 e. The van der Waals surface area contributed by atoms with Crippen LogP contribution in [0.25, 0.3) is 0 Å². The van der Waals surface area contributed by atoms with Gasteiger partial charge in [-0.1, -0.05) is 262 Å². The zero-order valence-electron chi connectivity index (χ0n) is 39.7. The summed E-state index contributed by atoms with van der Waals surface area (Å²) in [6.45, 7) is 13.9. The van der Waals surface area contributed by atoms with Gasteiger partial charge >= 0.3 is 8.60 Å². The molecule has 4 heteroatoms. The minimum Gasteiger partial charge on any atom is -0.295 e. The molecule has 0 saturated carbocycles. The van der Waals surface area contributed by atoms with Crippen LogP contribution in [-0.2, 0) is 30.4 Å². The summed E-state index contributed by atoms with van der Waals surface area (Å²) in [4.78, 5) is 0. The van der Waals surface area contributed by atoms with Gasteiger partial charge in [0.25, 0.3) is 0 Å². The van der Waals surface area contributed by atoms with Crippen LogP contribution >= 0.6 is 8.60 Å². The van der Waals surface area contributed by atoms with Gasteiger partial charge in [-0.15, -0.1) is 0 Å². The molecule has 0 spiro atoms. The Morgan fingerprint density at radius 3 is 0.656 bits per heavy atom. The molecule has 3 nitrogen and oxygen atoms in total. The van der Waals surface area contributed by atoms with Gasteiger partial charge in [0.15, 0.2) is 0 Å². The lowest BCUT2D eigenvalue weighted by molar-refractivity contribution is -0.0688. The average molecular weight is 875 g/mol. The molecule has 3 atom stereocenters. The molecule has 64 heavy (non-hydrogen) atoms. The monoisotopic (exact) mass is 875 g/mol. The van der Waals surface area contributed by atoms with E-state index in [0.29, 0.717) is 0 Å². The van der Waals surface area contributed by atoms with Crippen molar-refractivity contribution in [1.82, 2.24) is 0 Å². The number of benzene rings is 6. The standard InChI is InChI=1S/C60H75O3P/c1-7-13-34-49(10-4)58(52-37-22-16-23-38-52,53-39-24-17-25-40-53)61-64(62-59(50(11-5)35-14-8-2,54-41-26-18-27-42-54)55-43-28-19-29-44-55)63-60(51(12-6)36-15-9-3,56-45-30-20-31-46-56)57-47-32-21-33-48-57/h16-33,37-51H,7-15,34-36H2,1-6H3. The maximum atomic E-state index is 8.38. The lowest BCUT2D eigenvalue weighted by Gasteiger charge is -2.50. The summed E-state index contributed by atoms with van der Waals surface area (Å²) in [5.74, 6) is 0.345. The molecule has 0 aliphatic carbocycles. The van der Waals surface area contributed by atoms with Crippen molar-refractivity contribution < 1.29 is 13.6 Å². The summed E-state index contributed by atoms with van der Waals surface area (Å²) in [5.41, 5.74) is 3.99. The summed E-state index contributed by atoms with van der Waals surface area (Å²) in [5, 5.41) is 0. The van der Waals surface area contributed by atoms with Crippen molar-refractivity contribution in [1.29, 1.82) is 0 Å². The maximum Gasteiger partial charge on any atom is 0.336 e. The van der Waals surface area contributed by atoms with Crippen LogP contribution < -0.4 is 0 Å². The van der Waals surface area contributed by atoms with E-state index in [1.54, 1.807) is 0 Å². The van der Waals surface area contributed by atoms with Crippen LogP contribution in [0.1, 0.15) is 152 Å². The second-order valence-corrected chi connectivity index (χ2v) is 18.6. The summed E-state index contributed by atoms with van der Waals surface area (Å²) >= 11 is 0. The molecule has 0 heterocycles. The van der Waals surface area contributed by atoms with E-state index in [1.807, 2.05) is 0 Å². The van der Waals surface area contributed by atoms with Crippen LogP contribution in [0.15, 0.2) is 182 Å². The number of hydrogen-bond acceptors (Lipinski definition) is 3. The van der Waals surface area contributed by atoms with Gasteiger partial charge < -0.3 is 0 Å². The van der Waals surface area contributed by atoms with Gasteiger partial charge in [0.05, 0.1) is 0 Å². The fourth-order valence-electron chi connectivity index (χ4n) is 10.4. The minimum atomic E-state index is -2.23. The molecule has 6 rings (SSSR count). The van der Waals surface area contributed by atoms with Gasteiger partial charge in [-0.2, -0.15) is 0 Å².